The largest absolute Gasteiger partial charge is 0.416 e. The summed E-state index contributed by atoms with van der Waals surface area (Å²) in [5, 5.41) is 5.50. The number of amides is 1. The maximum absolute atomic E-state index is 12.7. The van der Waals surface area contributed by atoms with E-state index in [1.165, 1.54) is 17.8 Å². The minimum Gasteiger partial charge on any atom is -0.376 e. The topological polar surface area (TPSA) is 44.4 Å². The van der Waals surface area contributed by atoms with E-state index in [0.717, 1.165) is 42.3 Å². The molecule has 1 aliphatic rings. The molecule has 1 heterocycles. The molecule has 0 bridgehead atoms. The molecular formula is C20H22F3N3OS. The number of benzene rings is 2. The zero-order chi connectivity index (χ0) is 20.0. The Balaban J connectivity index is 1.45. The summed E-state index contributed by atoms with van der Waals surface area (Å²) in [5.41, 5.74) is 1.67. The van der Waals surface area contributed by atoms with Crippen molar-refractivity contribution in [1.82, 2.24) is 5.32 Å². The molecule has 0 unspecified atom stereocenters. The molecule has 8 heteroatoms. The Hall–Kier alpha value is -2.35. The average Bonchev–Trinajstić information content (AvgIpc) is 2.71. The number of rotatable bonds is 6. The van der Waals surface area contributed by atoms with Gasteiger partial charge < -0.3 is 15.5 Å². The molecule has 0 aromatic heterocycles. The monoisotopic (exact) mass is 409 g/mol. The number of thioether (sulfide) groups is 1. The summed E-state index contributed by atoms with van der Waals surface area (Å²) in [6.07, 6.45) is -4.40. The van der Waals surface area contributed by atoms with Crippen LogP contribution in [-0.2, 0) is 17.5 Å². The van der Waals surface area contributed by atoms with Gasteiger partial charge in [-0.2, -0.15) is 24.9 Å². The van der Waals surface area contributed by atoms with Gasteiger partial charge in [-0.05, 0) is 35.9 Å². The molecule has 1 saturated heterocycles. The van der Waals surface area contributed by atoms with E-state index >= 15 is 0 Å². The Morgan fingerprint density at radius 2 is 1.79 bits per heavy atom. The highest BCUT2D eigenvalue weighted by Crippen LogP contribution is 2.30. The number of nitrogens with one attached hydrogen (secondary N) is 2. The van der Waals surface area contributed by atoms with Crippen LogP contribution in [-0.4, -0.2) is 37.0 Å². The number of hydrogen-bond donors (Lipinski definition) is 2. The molecule has 0 saturated carbocycles. The molecule has 2 aromatic carbocycles. The van der Waals surface area contributed by atoms with Crippen molar-refractivity contribution < 1.29 is 18.0 Å². The van der Waals surface area contributed by atoms with Gasteiger partial charge in [-0.1, -0.05) is 18.2 Å². The fraction of sp³-hybridized carbons (Fsp3) is 0.350. The first-order chi connectivity index (χ1) is 13.4. The van der Waals surface area contributed by atoms with Crippen molar-refractivity contribution in [2.24, 2.45) is 0 Å². The number of carbonyl (C=O) groups excluding carboxylic acids is 1. The number of anilines is 2. The molecule has 3 rings (SSSR count). The van der Waals surface area contributed by atoms with Crippen molar-refractivity contribution in [2.75, 3.05) is 41.4 Å². The SMILES string of the molecule is O=C(CNc1cccc(C(F)(F)F)c1)NCc1ccc(N2CCSCC2)cc1. The maximum Gasteiger partial charge on any atom is 0.416 e. The Kier molecular flexibility index (Phi) is 6.72. The summed E-state index contributed by atoms with van der Waals surface area (Å²) in [7, 11) is 0. The van der Waals surface area contributed by atoms with E-state index in [1.807, 2.05) is 23.9 Å². The van der Waals surface area contributed by atoms with Gasteiger partial charge in [-0.25, -0.2) is 0 Å². The smallest absolute Gasteiger partial charge is 0.376 e. The highest BCUT2D eigenvalue weighted by Gasteiger charge is 2.30. The second kappa shape index (κ2) is 9.23. The molecule has 1 amide bonds. The van der Waals surface area contributed by atoms with E-state index in [0.29, 0.717) is 6.54 Å². The molecule has 2 N–H and O–H groups in total. The van der Waals surface area contributed by atoms with Crippen molar-refractivity contribution in [1.29, 1.82) is 0 Å². The van der Waals surface area contributed by atoms with Crippen LogP contribution in [0.1, 0.15) is 11.1 Å². The number of hydrogen-bond acceptors (Lipinski definition) is 4. The Bertz CT molecular complexity index is 790. The van der Waals surface area contributed by atoms with Crippen molar-refractivity contribution >= 4 is 29.0 Å². The lowest BCUT2D eigenvalue weighted by molar-refractivity contribution is -0.137. The summed E-state index contributed by atoms with van der Waals surface area (Å²) in [4.78, 5) is 14.3. The summed E-state index contributed by atoms with van der Waals surface area (Å²) in [6.45, 7) is 2.37. The van der Waals surface area contributed by atoms with Crippen LogP contribution in [0.15, 0.2) is 48.5 Å². The van der Waals surface area contributed by atoms with Crippen LogP contribution in [0.3, 0.4) is 0 Å². The minimum atomic E-state index is -4.40. The van der Waals surface area contributed by atoms with Gasteiger partial charge in [-0.3, -0.25) is 4.79 Å². The Morgan fingerprint density at radius 1 is 1.07 bits per heavy atom. The number of halogens is 3. The first-order valence-corrected chi connectivity index (χ1v) is 10.2. The van der Waals surface area contributed by atoms with E-state index in [9.17, 15) is 18.0 Å². The van der Waals surface area contributed by atoms with Crippen molar-refractivity contribution in [3.63, 3.8) is 0 Å². The molecule has 1 fully saturated rings. The zero-order valence-corrected chi connectivity index (χ0v) is 16.1. The molecular weight excluding hydrogens is 387 g/mol. The first kappa shape index (κ1) is 20.4. The predicted octanol–water partition coefficient (Wildman–Crippen LogP) is 3.99. The minimum absolute atomic E-state index is 0.0924. The summed E-state index contributed by atoms with van der Waals surface area (Å²) >= 11 is 1.96. The quantitative estimate of drug-likeness (QED) is 0.757. The van der Waals surface area contributed by atoms with Crippen LogP contribution in [0, 0.1) is 0 Å². The van der Waals surface area contributed by atoms with Gasteiger partial charge in [-0.15, -0.1) is 0 Å². The molecule has 150 valence electrons. The van der Waals surface area contributed by atoms with Gasteiger partial charge in [0.25, 0.3) is 0 Å². The fourth-order valence-electron chi connectivity index (χ4n) is 2.90. The lowest BCUT2D eigenvalue weighted by Crippen LogP contribution is -2.32. The molecule has 0 aliphatic carbocycles. The lowest BCUT2D eigenvalue weighted by Gasteiger charge is -2.28. The third kappa shape index (κ3) is 5.82. The van der Waals surface area contributed by atoms with Crippen LogP contribution in [0.25, 0.3) is 0 Å². The number of alkyl halides is 3. The lowest BCUT2D eigenvalue weighted by atomic mass is 10.2. The van der Waals surface area contributed by atoms with Gasteiger partial charge >= 0.3 is 6.18 Å². The number of carbonyl (C=O) groups is 1. The maximum atomic E-state index is 12.7. The Labute approximate surface area is 166 Å². The van der Waals surface area contributed by atoms with Gasteiger partial charge in [0.15, 0.2) is 0 Å². The van der Waals surface area contributed by atoms with Crippen LogP contribution in [0.2, 0.25) is 0 Å². The summed E-state index contributed by atoms with van der Waals surface area (Å²) < 4.78 is 38.1. The van der Waals surface area contributed by atoms with Crippen LogP contribution in [0.4, 0.5) is 24.5 Å². The Morgan fingerprint density at radius 3 is 2.46 bits per heavy atom. The fourth-order valence-corrected chi connectivity index (χ4v) is 3.80. The first-order valence-electron chi connectivity index (χ1n) is 9.01. The van der Waals surface area contributed by atoms with E-state index in [-0.39, 0.29) is 18.1 Å². The summed E-state index contributed by atoms with van der Waals surface area (Å²) in [5.74, 6) is 1.99. The molecule has 2 aromatic rings. The molecule has 0 atom stereocenters. The normalized spacial score (nSPS) is 14.6. The third-order valence-electron chi connectivity index (χ3n) is 4.45. The standard InChI is InChI=1S/C20H22F3N3OS/c21-20(22,23)16-2-1-3-17(12-16)24-14-19(27)25-13-15-4-6-18(7-5-15)26-8-10-28-11-9-26/h1-7,12,24H,8-11,13-14H2,(H,25,27). The molecule has 0 radical (unpaired) electrons. The third-order valence-corrected chi connectivity index (χ3v) is 5.39. The molecule has 0 spiro atoms. The summed E-state index contributed by atoms with van der Waals surface area (Å²) in [6, 6.07) is 12.9. The van der Waals surface area contributed by atoms with E-state index < -0.39 is 11.7 Å². The van der Waals surface area contributed by atoms with E-state index in [1.54, 1.807) is 0 Å². The van der Waals surface area contributed by atoms with E-state index in [4.69, 9.17) is 0 Å². The van der Waals surface area contributed by atoms with Crippen LogP contribution >= 0.6 is 11.8 Å². The van der Waals surface area contributed by atoms with Gasteiger partial charge in [0.05, 0.1) is 12.1 Å². The molecule has 28 heavy (non-hydrogen) atoms. The van der Waals surface area contributed by atoms with E-state index in [2.05, 4.69) is 27.7 Å². The molecule has 1 aliphatic heterocycles. The highest BCUT2D eigenvalue weighted by molar-refractivity contribution is 7.99. The highest BCUT2D eigenvalue weighted by atomic mass is 32.2. The second-order valence-electron chi connectivity index (χ2n) is 6.47. The zero-order valence-electron chi connectivity index (χ0n) is 15.3. The van der Waals surface area contributed by atoms with Crippen molar-refractivity contribution in [2.45, 2.75) is 12.7 Å². The molecule has 4 nitrogen and oxygen atoms in total. The van der Waals surface area contributed by atoms with Crippen LogP contribution in [0.5, 0.6) is 0 Å². The number of nitrogens with zero attached hydrogens (tertiary/aromatic N) is 1. The van der Waals surface area contributed by atoms with Crippen molar-refractivity contribution in [3.8, 4) is 0 Å². The second-order valence-corrected chi connectivity index (χ2v) is 7.70. The van der Waals surface area contributed by atoms with Gasteiger partial charge in [0.2, 0.25) is 5.91 Å². The van der Waals surface area contributed by atoms with Crippen molar-refractivity contribution in [3.05, 3.63) is 59.7 Å². The van der Waals surface area contributed by atoms with Crippen LogP contribution < -0.4 is 15.5 Å². The van der Waals surface area contributed by atoms with Gasteiger partial charge in [0, 0.05) is 42.5 Å². The average molecular weight is 409 g/mol. The predicted molar refractivity (Wildman–Crippen MR) is 108 cm³/mol. The van der Waals surface area contributed by atoms with Gasteiger partial charge in [0.1, 0.15) is 0 Å².